The number of rotatable bonds is 1. The van der Waals surface area contributed by atoms with Gasteiger partial charge in [0, 0.05) is 6.20 Å². The van der Waals surface area contributed by atoms with Crippen LogP contribution in [0.1, 0.15) is 10.4 Å². The lowest BCUT2D eigenvalue weighted by atomic mass is 10.2. The summed E-state index contributed by atoms with van der Waals surface area (Å²) in [6.45, 7) is 0. The molecule has 2 rings (SSSR count). The van der Waals surface area contributed by atoms with Gasteiger partial charge in [-0.25, -0.2) is 4.79 Å². The second kappa shape index (κ2) is 2.88. The van der Waals surface area contributed by atoms with Crippen molar-refractivity contribution in [1.82, 2.24) is 4.40 Å². The first-order valence-electron chi connectivity index (χ1n) is 3.69. The fourth-order valence-corrected chi connectivity index (χ4v) is 1.73. The summed E-state index contributed by atoms with van der Waals surface area (Å²) in [5.41, 5.74) is 1.01. The van der Waals surface area contributed by atoms with Gasteiger partial charge in [0.1, 0.15) is 0 Å². The number of aromatic nitrogens is 1. The summed E-state index contributed by atoms with van der Waals surface area (Å²) in [5, 5.41) is 8.86. The summed E-state index contributed by atoms with van der Waals surface area (Å²) >= 11 is 3.32. The molecule has 1 N–H and O–H groups in total. The van der Waals surface area contributed by atoms with Gasteiger partial charge in [0.05, 0.1) is 15.7 Å². The number of carboxylic acids is 1. The molecule has 0 spiro atoms. The highest BCUT2D eigenvalue weighted by atomic mass is 79.9. The molecule has 2 heterocycles. The molecule has 0 unspecified atom stereocenters. The van der Waals surface area contributed by atoms with Crippen LogP contribution in [0.5, 0.6) is 0 Å². The number of halogens is 1. The molecule has 4 heteroatoms. The molecule has 2 aromatic heterocycles. The predicted octanol–water partition coefficient (Wildman–Crippen LogP) is 2.40. The Balaban J connectivity index is 2.84. The van der Waals surface area contributed by atoms with Crippen molar-refractivity contribution in [1.29, 1.82) is 0 Å². The number of hydrogen-bond donors (Lipinski definition) is 1. The Bertz CT molecular complexity index is 475. The summed E-state index contributed by atoms with van der Waals surface area (Å²) in [7, 11) is 0. The van der Waals surface area contributed by atoms with Gasteiger partial charge in [0.25, 0.3) is 0 Å². The van der Waals surface area contributed by atoms with E-state index in [4.69, 9.17) is 5.11 Å². The van der Waals surface area contributed by atoms with Gasteiger partial charge in [-0.15, -0.1) is 0 Å². The Morgan fingerprint density at radius 1 is 1.38 bits per heavy atom. The van der Waals surface area contributed by atoms with Crippen LogP contribution < -0.4 is 0 Å². The van der Waals surface area contributed by atoms with Gasteiger partial charge in [0.15, 0.2) is 0 Å². The number of nitrogens with zero attached hydrogens (tertiary/aromatic N) is 1. The fraction of sp³-hybridized carbons (Fsp3) is 0. The molecular formula is C9H6BrNO2. The zero-order valence-corrected chi connectivity index (χ0v) is 8.15. The molecule has 0 saturated heterocycles. The van der Waals surface area contributed by atoms with Gasteiger partial charge in [-0.3, -0.25) is 0 Å². The van der Waals surface area contributed by atoms with Gasteiger partial charge in [-0.05, 0) is 40.2 Å². The van der Waals surface area contributed by atoms with Gasteiger partial charge in [0.2, 0.25) is 0 Å². The van der Waals surface area contributed by atoms with E-state index < -0.39 is 5.97 Å². The van der Waals surface area contributed by atoms with Crippen molar-refractivity contribution in [2.24, 2.45) is 0 Å². The molecule has 0 atom stereocenters. The third-order valence-corrected chi connectivity index (χ3v) is 2.52. The van der Waals surface area contributed by atoms with E-state index >= 15 is 0 Å². The minimum Gasteiger partial charge on any atom is -0.478 e. The smallest absolute Gasteiger partial charge is 0.337 e. The molecular weight excluding hydrogens is 234 g/mol. The molecule has 66 valence electrons. The van der Waals surface area contributed by atoms with Crippen molar-refractivity contribution in [3.05, 3.63) is 40.6 Å². The first-order valence-corrected chi connectivity index (χ1v) is 4.48. The van der Waals surface area contributed by atoms with E-state index in [2.05, 4.69) is 15.9 Å². The molecule has 0 bridgehead atoms. The summed E-state index contributed by atoms with van der Waals surface area (Å²) in [5.74, 6) is -0.906. The molecule has 0 saturated carbocycles. The molecule has 13 heavy (non-hydrogen) atoms. The topological polar surface area (TPSA) is 41.7 Å². The highest BCUT2D eigenvalue weighted by molar-refractivity contribution is 9.10. The van der Waals surface area contributed by atoms with Crippen LogP contribution >= 0.6 is 15.9 Å². The predicted molar refractivity (Wildman–Crippen MR) is 52.1 cm³/mol. The summed E-state index contributed by atoms with van der Waals surface area (Å²) in [6.07, 6.45) is 1.81. The number of hydrogen-bond acceptors (Lipinski definition) is 1. The standard InChI is InChI=1S/C9H6BrNO2/c10-8-4-3-7-6(9(12)13)2-1-5-11(7)8/h1-5H,(H,12,13). The van der Waals surface area contributed by atoms with E-state index in [0.29, 0.717) is 11.1 Å². The number of pyridine rings is 1. The fourth-order valence-electron chi connectivity index (χ4n) is 1.29. The summed E-state index contributed by atoms with van der Waals surface area (Å²) in [6, 6.07) is 6.89. The van der Waals surface area contributed by atoms with Crippen LogP contribution in [0, 0.1) is 0 Å². The normalized spacial score (nSPS) is 10.5. The minimum atomic E-state index is -0.906. The lowest BCUT2D eigenvalue weighted by molar-refractivity contribution is 0.0698. The van der Waals surface area contributed by atoms with E-state index in [1.54, 1.807) is 22.6 Å². The number of aromatic carboxylic acids is 1. The summed E-state index contributed by atoms with van der Waals surface area (Å²) < 4.78 is 2.63. The van der Waals surface area contributed by atoms with E-state index in [-0.39, 0.29) is 0 Å². The van der Waals surface area contributed by atoms with Crippen molar-refractivity contribution in [3.8, 4) is 0 Å². The second-order valence-electron chi connectivity index (χ2n) is 2.64. The zero-order valence-electron chi connectivity index (χ0n) is 6.57. The SMILES string of the molecule is O=C(O)c1cccn2c(Br)ccc12. The average Bonchev–Trinajstić information content (AvgIpc) is 2.48. The molecule has 0 aliphatic heterocycles. The van der Waals surface area contributed by atoms with Crippen molar-refractivity contribution in [2.75, 3.05) is 0 Å². The van der Waals surface area contributed by atoms with E-state index in [1.807, 2.05) is 12.3 Å². The van der Waals surface area contributed by atoms with E-state index in [1.165, 1.54) is 0 Å². The molecule has 0 aliphatic carbocycles. The lowest BCUT2D eigenvalue weighted by Crippen LogP contribution is -1.99. The van der Waals surface area contributed by atoms with Crippen molar-refractivity contribution in [2.45, 2.75) is 0 Å². The van der Waals surface area contributed by atoms with Crippen LogP contribution in [0.3, 0.4) is 0 Å². The summed E-state index contributed by atoms with van der Waals surface area (Å²) in [4.78, 5) is 10.8. The second-order valence-corrected chi connectivity index (χ2v) is 3.45. The van der Waals surface area contributed by atoms with Crippen LogP contribution in [0.25, 0.3) is 5.52 Å². The van der Waals surface area contributed by atoms with Crippen molar-refractivity contribution in [3.63, 3.8) is 0 Å². The highest BCUT2D eigenvalue weighted by Gasteiger charge is 2.08. The maximum atomic E-state index is 10.8. The molecule has 0 aromatic carbocycles. The Kier molecular flexibility index (Phi) is 1.84. The van der Waals surface area contributed by atoms with Crippen LogP contribution in [0.15, 0.2) is 35.1 Å². The van der Waals surface area contributed by atoms with Crippen LogP contribution in [0.2, 0.25) is 0 Å². The van der Waals surface area contributed by atoms with Gasteiger partial charge >= 0.3 is 5.97 Å². The Hall–Kier alpha value is -1.29. The number of carbonyl (C=O) groups is 1. The molecule has 3 nitrogen and oxygen atoms in total. The number of carboxylic acid groups (broad SMARTS) is 1. The molecule has 0 fully saturated rings. The largest absolute Gasteiger partial charge is 0.478 e. The van der Waals surface area contributed by atoms with E-state index in [9.17, 15) is 4.79 Å². The first-order chi connectivity index (χ1) is 6.20. The zero-order chi connectivity index (χ0) is 9.42. The monoisotopic (exact) mass is 239 g/mol. The molecule has 0 amide bonds. The highest BCUT2D eigenvalue weighted by Crippen LogP contribution is 2.18. The van der Waals surface area contributed by atoms with Crippen molar-refractivity contribution >= 4 is 27.4 Å². The third kappa shape index (κ3) is 1.23. The molecule has 0 radical (unpaired) electrons. The van der Waals surface area contributed by atoms with Crippen LogP contribution in [0.4, 0.5) is 0 Å². The van der Waals surface area contributed by atoms with Crippen molar-refractivity contribution < 1.29 is 9.90 Å². The lowest BCUT2D eigenvalue weighted by Gasteiger charge is -1.99. The van der Waals surface area contributed by atoms with Crippen LogP contribution in [-0.4, -0.2) is 15.5 Å². The third-order valence-electron chi connectivity index (χ3n) is 1.87. The molecule has 0 aliphatic rings. The Labute approximate surface area is 82.7 Å². The van der Waals surface area contributed by atoms with Gasteiger partial charge < -0.3 is 9.51 Å². The maximum Gasteiger partial charge on any atom is 0.337 e. The number of fused-ring (bicyclic) bond motifs is 1. The Morgan fingerprint density at radius 2 is 2.15 bits per heavy atom. The van der Waals surface area contributed by atoms with Crippen LogP contribution in [-0.2, 0) is 0 Å². The van der Waals surface area contributed by atoms with Gasteiger partial charge in [-0.1, -0.05) is 0 Å². The quantitative estimate of drug-likeness (QED) is 0.831. The van der Waals surface area contributed by atoms with E-state index in [0.717, 1.165) is 4.60 Å². The maximum absolute atomic E-state index is 10.8. The minimum absolute atomic E-state index is 0.313. The first kappa shape index (κ1) is 8.31. The Morgan fingerprint density at radius 3 is 2.85 bits per heavy atom. The molecule has 2 aromatic rings. The van der Waals surface area contributed by atoms with Gasteiger partial charge in [-0.2, -0.15) is 0 Å². The average molecular weight is 240 g/mol.